The standard InChI is InChI=1S/C12H15N3O3/c1-7(15-9(3)13-8(2)14-15)10-5-6-11(18-10)12(16)17-4/h5-7H,1-4H3. The first kappa shape index (κ1) is 12.3. The number of aryl methyl sites for hydroxylation is 2. The first-order valence-electron chi connectivity index (χ1n) is 5.60. The average Bonchev–Trinajstić information content (AvgIpc) is 2.94. The Morgan fingerprint density at radius 2 is 2.17 bits per heavy atom. The van der Waals surface area contributed by atoms with Gasteiger partial charge in [-0.15, -0.1) is 0 Å². The van der Waals surface area contributed by atoms with Crippen LogP contribution in [0.5, 0.6) is 0 Å². The Hall–Kier alpha value is -2.11. The fourth-order valence-corrected chi connectivity index (χ4v) is 1.81. The highest BCUT2D eigenvalue weighted by atomic mass is 16.5. The number of hydrogen-bond donors (Lipinski definition) is 0. The molecular weight excluding hydrogens is 234 g/mol. The lowest BCUT2D eigenvalue weighted by Gasteiger charge is -2.10. The molecule has 1 unspecified atom stereocenters. The lowest BCUT2D eigenvalue weighted by atomic mass is 10.2. The van der Waals surface area contributed by atoms with E-state index in [1.165, 1.54) is 7.11 Å². The number of carbonyl (C=O) groups is 1. The van der Waals surface area contributed by atoms with Crippen LogP contribution in [0, 0.1) is 13.8 Å². The van der Waals surface area contributed by atoms with E-state index in [0.717, 1.165) is 5.82 Å². The third kappa shape index (κ3) is 2.13. The van der Waals surface area contributed by atoms with Gasteiger partial charge < -0.3 is 9.15 Å². The van der Waals surface area contributed by atoms with Crippen molar-refractivity contribution in [2.24, 2.45) is 0 Å². The second kappa shape index (κ2) is 4.64. The zero-order valence-electron chi connectivity index (χ0n) is 10.8. The summed E-state index contributed by atoms with van der Waals surface area (Å²) in [6, 6.07) is 3.22. The molecule has 18 heavy (non-hydrogen) atoms. The van der Waals surface area contributed by atoms with Crippen LogP contribution in [0.25, 0.3) is 0 Å². The molecule has 0 fully saturated rings. The largest absolute Gasteiger partial charge is 0.463 e. The predicted octanol–water partition coefficient (Wildman–Crippen LogP) is 1.88. The van der Waals surface area contributed by atoms with E-state index in [9.17, 15) is 4.79 Å². The number of hydrogen-bond acceptors (Lipinski definition) is 5. The number of esters is 1. The van der Waals surface area contributed by atoms with Crippen LogP contribution in [0.1, 0.15) is 40.9 Å². The van der Waals surface area contributed by atoms with E-state index in [0.29, 0.717) is 11.6 Å². The molecule has 0 aliphatic carbocycles. The highest BCUT2D eigenvalue weighted by Crippen LogP contribution is 2.21. The first-order chi connectivity index (χ1) is 8.52. The predicted molar refractivity (Wildman–Crippen MR) is 63.4 cm³/mol. The van der Waals surface area contributed by atoms with Gasteiger partial charge in [0.2, 0.25) is 5.76 Å². The molecule has 2 rings (SSSR count). The van der Waals surface area contributed by atoms with Gasteiger partial charge in [-0.25, -0.2) is 14.5 Å². The minimum Gasteiger partial charge on any atom is -0.463 e. The van der Waals surface area contributed by atoms with Crippen molar-refractivity contribution in [1.29, 1.82) is 0 Å². The Morgan fingerprint density at radius 3 is 2.72 bits per heavy atom. The summed E-state index contributed by atoms with van der Waals surface area (Å²) in [5.41, 5.74) is 0. The van der Waals surface area contributed by atoms with Gasteiger partial charge in [0.15, 0.2) is 0 Å². The van der Waals surface area contributed by atoms with Gasteiger partial charge >= 0.3 is 5.97 Å². The van der Waals surface area contributed by atoms with Gasteiger partial charge in [0, 0.05) is 0 Å². The number of ether oxygens (including phenoxy) is 1. The molecule has 0 bridgehead atoms. The third-order valence-corrected chi connectivity index (χ3v) is 2.70. The molecule has 6 nitrogen and oxygen atoms in total. The summed E-state index contributed by atoms with van der Waals surface area (Å²) in [7, 11) is 1.32. The molecule has 0 saturated heterocycles. The molecule has 0 radical (unpaired) electrons. The Balaban J connectivity index is 2.29. The van der Waals surface area contributed by atoms with E-state index in [-0.39, 0.29) is 11.8 Å². The number of aromatic nitrogens is 3. The molecule has 2 aromatic rings. The smallest absolute Gasteiger partial charge is 0.373 e. The Kier molecular flexibility index (Phi) is 3.18. The third-order valence-electron chi connectivity index (χ3n) is 2.70. The fourth-order valence-electron chi connectivity index (χ4n) is 1.81. The molecule has 0 N–H and O–H groups in total. The molecule has 0 spiro atoms. The highest BCUT2D eigenvalue weighted by Gasteiger charge is 2.18. The molecule has 0 amide bonds. The van der Waals surface area contributed by atoms with Crippen LogP contribution in [-0.4, -0.2) is 27.8 Å². The minimum atomic E-state index is -0.486. The van der Waals surface area contributed by atoms with Crippen LogP contribution in [-0.2, 0) is 4.74 Å². The van der Waals surface area contributed by atoms with Crippen LogP contribution >= 0.6 is 0 Å². The van der Waals surface area contributed by atoms with Gasteiger partial charge in [0.05, 0.1) is 7.11 Å². The number of furan rings is 1. The van der Waals surface area contributed by atoms with Gasteiger partial charge in [-0.2, -0.15) is 5.10 Å². The van der Waals surface area contributed by atoms with Crippen molar-refractivity contribution in [2.45, 2.75) is 26.8 Å². The normalized spacial score (nSPS) is 12.4. The second-order valence-electron chi connectivity index (χ2n) is 4.02. The van der Waals surface area contributed by atoms with Crippen molar-refractivity contribution in [3.05, 3.63) is 35.3 Å². The summed E-state index contributed by atoms with van der Waals surface area (Å²) in [5, 5.41) is 4.29. The second-order valence-corrected chi connectivity index (χ2v) is 4.02. The summed E-state index contributed by atoms with van der Waals surface area (Å²) in [6.45, 7) is 5.64. The monoisotopic (exact) mass is 249 g/mol. The molecule has 96 valence electrons. The van der Waals surface area contributed by atoms with Crippen LogP contribution in [0.3, 0.4) is 0 Å². The number of carbonyl (C=O) groups excluding carboxylic acids is 1. The van der Waals surface area contributed by atoms with Crippen LogP contribution < -0.4 is 0 Å². The molecular formula is C12H15N3O3. The lowest BCUT2D eigenvalue weighted by molar-refractivity contribution is 0.0562. The Labute approximate surface area is 105 Å². The maximum atomic E-state index is 11.3. The maximum Gasteiger partial charge on any atom is 0.373 e. The van der Waals surface area contributed by atoms with Crippen LogP contribution in [0.4, 0.5) is 0 Å². The SMILES string of the molecule is COC(=O)c1ccc(C(C)n2nc(C)nc2C)o1. The van der Waals surface area contributed by atoms with E-state index >= 15 is 0 Å². The zero-order chi connectivity index (χ0) is 13.3. The van der Waals surface area contributed by atoms with Gasteiger partial charge in [-0.3, -0.25) is 0 Å². The number of methoxy groups -OCH3 is 1. The van der Waals surface area contributed by atoms with E-state index in [1.807, 2.05) is 20.8 Å². The Morgan fingerprint density at radius 1 is 1.44 bits per heavy atom. The molecule has 0 aliphatic rings. The lowest BCUT2D eigenvalue weighted by Crippen LogP contribution is -2.10. The summed E-state index contributed by atoms with van der Waals surface area (Å²) in [5.74, 6) is 1.85. The zero-order valence-corrected chi connectivity index (χ0v) is 10.8. The van der Waals surface area contributed by atoms with Crippen molar-refractivity contribution in [3.63, 3.8) is 0 Å². The van der Waals surface area contributed by atoms with Crippen LogP contribution in [0.15, 0.2) is 16.5 Å². The van der Waals surface area contributed by atoms with Gasteiger partial charge in [0.25, 0.3) is 0 Å². The first-order valence-corrected chi connectivity index (χ1v) is 5.60. The van der Waals surface area contributed by atoms with Crippen molar-refractivity contribution in [2.75, 3.05) is 7.11 Å². The van der Waals surface area contributed by atoms with Crippen molar-refractivity contribution in [1.82, 2.24) is 14.8 Å². The van der Waals surface area contributed by atoms with E-state index < -0.39 is 5.97 Å². The molecule has 0 saturated carbocycles. The van der Waals surface area contributed by atoms with Gasteiger partial charge in [-0.05, 0) is 32.9 Å². The summed E-state index contributed by atoms with van der Waals surface area (Å²) in [6.07, 6.45) is 0. The minimum absolute atomic E-state index is 0.121. The number of nitrogens with zero attached hydrogens (tertiary/aromatic N) is 3. The van der Waals surface area contributed by atoms with E-state index in [4.69, 9.17) is 4.42 Å². The molecule has 2 heterocycles. The maximum absolute atomic E-state index is 11.3. The van der Waals surface area contributed by atoms with E-state index in [1.54, 1.807) is 16.8 Å². The van der Waals surface area contributed by atoms with Crippen molar-refractivity contribution in [3.8, 4) is 0 Å². The summed E-state index contributed by atoms with van der Waals surface area (Å²) in [4.78, 5) is 15.5. The molecule has 0 aliphatic heterocycles. The quantitative estimate of drug-likeness (QED) is 0.777. The van der Waals surface area contributed by atoms with Gasteiger partial charge in [-0.1, -0.05) is 0 Å². The summed E-state index contributed by atoms with van der Waals surface area (Å²) >= 11 is 0. The van der Waals surface area contributed by atoms with E-state index in [2.05, 4.69) is 14.8 Å². The molecule has 6 heteroatoms. The van der Waals surface area contributed by atoms with Crippen LogP contribution in [0.2, 0.25) is 0 Å². The molecule has 0 aromatic carbocycles. The Bertz CT molecular complexity index is 571. The fraction of sp³-hybridized carbons (Fsp3) is 0.417. The van der Waals surface area contributed by atoms with Crippen molar-refractivity contribution >= 4 is 5.97 Å². The number of rotatable bonds is 3. The molecule has 1 atom stereocenters. The average molecular weight is 249 g/mol. The van der Waals surface area contributed by atoms with Crippen molar-refractivity contribution < 1.29 is 13.9 Å². The molecule has 2 aromatic heterocycles. The summed E-state index contributed by atoms with van der Waals surface area (Å²) < 4.78 is 11.8. The topological polar surface area (TPSA) is 70.2 Å². The van der Waals surface area contributed by atoms with Gasteiger partial charge in [0.1, 0.15) is 23.5 Å². The highest BCUT2D eigenvalue weighted by molar-refractivity contribution is 5.86.